The van der Waals surface area contributed by atoms with Crippen LogP contribution in [-0.4, -0.2) is 30.5 Å². The molecule has 0 aliphatic carbocycles. The van der Waals surface area contributed by atoms with Crippen LogP contribution in [0.5, 0.6) is 5.75 Å². The average molecular weight is 304 g/mol. The number of unbranched alkanes of at least 4 members (excludes halogenated alkanes) is 2. The third-order valence-electron chi connectivity index (χ3n) is 4.23. The summed E-state index contributed by atoms with van der Waals surface area (Å²) in [7, 11) is 1.61. The lowest BCUT2D eigenvalue weighted by atomic mass is 9.90. The minimum atomic E-state index is -1.000. The summed E-state index contributed by atoms with van der Waals surface area (Å²) in [6.07, 6.45) is 2.90. The van der Waals surface area contributed by atoms with E-state index in [2.05, 4.69) is 12.2 Å². The van der Waals surface area contributed by atoms with Crippen molar-refractivity contribution in [1.29, 1.82) is 0 Å². The maximum Gasteiger partial charge on any atom is 0.325 e. The fourth-order valence-corrected chi connectivity index (χ4v) is 2.81. The van der Waals surface area contributed by atoms with Gasteiger partial charge in [0.25, 0.3) is 5.91 Å². The standard InChI is InChI=1S/C17H24N2O3/c1-5-6-7-10-19-15(20)17(3,18-16(19)21)13-8-9-14(22-4)12(2)11-13/h8-9,11H,5-7,10H2,1-4H3,(H,18,21). The molecule has 1 aliphatic heterocycles. The van der Waals surface area contributed by atoms with E-state index in [-0.39, 0.29) is 11.9 Å². The number of imide groups is 1. The van der Waals surface area contributed by atoms with Crippen molar-refractivity contribution in [2.24, 2.45) is 0 Å². The van der Waals surface area contributed by atoms with Gasteiger partial charge in [-0.25, -0.2) is 4.79 Å². The van der Waals surface area contributed by atoms with Crippen LogP contribution >= 0.6 is 0 Å². The lowest BCUT2D eigenvalue weighted by molar-refractivity contribution is -0.131. The van der Waals surface area contributed by atoms with Gasteiger partial charge < -0.3 is 10.1 Å². The van der Waals surface area contributed by atoms with Gasteiger partial charge in [0, 0.05) is 6.54 Å². The summed E-state index contributed by atoms with van der Waals surface area (Å²) >= 11 is 0. The van der Waals surface area contributed by atoms with E-state index in [4.69, 9.17) is 4.74 Å². The van der Waals surface area contributed by atoms with Gasteiger partial charge in [-0.1, -0.05) is 25.8 Å². The molecule has 0 bridgehead atoms. The molecule has 1 aromatic carbocycles. The Balaban J connectivity index is 2.25. The molecule has 1 unspecified atom stereocenters. The predicted octanol–water partition coefficient (Wildman–Crippen LogP) is 2.96. The molecule has 0 saturated carbocycles. The number of nitrogens with one attached hydrogen (secondary N) is 1. The van der Waals surface area contributed by atoms with E-state index >= 15 is 0 Å². The largest absolute Gasteiger partial charge is 0.496 e. The summed E-state index contributed by atoms with van der Waals surface area (Å²) in [5.41, 5.74) is 0.718. The number of hydrogen-bond acceptors (Lipinski definition) is 3. The Morgan fingerprint density at radius 3 is 2.59 bits per heavy atom. The molecule has 0 spiro atoms. The third-order valence-corrected chi connectivity index (χ3v) is 4.23. The smallest absolute Gasteiger partial charge is 0.325 e. The van der Waals surface area contributed by atoms with Crippen molar-refractivity contribution in [2.75, 3.05) is 13.7 Å². The normalized spacial score (nSPS) is 21.2. The minimum Gasteiger partial charge on any atom is -0.496 e. The van der Waals surface area contributed by atoms with Crippen LogP contribution < -0.4 is 10.1 Å². The second kappa shape index (κ2) is 6.38. The molecule has 1 heterocycles. The second-order valence-corrected chi connectivity index (χ2v) is 5.90. The molecule has 3 amide bonds. The van der Waals surface area contributed by atoms with Gasteiger partial charge in [-0.05, 0) is 43.5 Å². The number of aryl methyl sites for hydroxylation is 1. The first kappa shape index (κ1) is 16.3. The predicted molar refractivity (Wildman–Crippen MR) is 84.9 cm³/mol. The summed E-state index contributed by atoms with van der Waals surface area (Å²) in [6.45, 7) is 6.25. The minimum absolute atomic E-state index is 0.182. The molecule has 0 aromatic heterocycles. The molecule has 0 radical (unpaired) electrons. The zero-order valence-electron chi connectivity index (χ0n) is 13.7. The Morgan fingerprint density at radius 1 is 1.27 bits per heavy atom. The van der Waals surface area contributed by atoms with E-state index in [0.29, 0.717) is 6.54 Å². The summed E-state index contributed by atoms with van der Waals surface area (Å²) in [5, 5.41) is 2.83. The van der Waals surface area contributed by atoms with Gasteiger partial charge in [-0.2, -0.15) is 0 Å². The molecule has 1 saturated heterocycles. The van der Waals surface area contributed by atoms with E-state index in [0.717, 1.165) is 36.1 Å². The molecule has 2 rings (SSSR count). The molecule has 22 heavy (non-hydrogen) atoms. The first-order chi connectivity index (χ1) is 10.4. The monoisotopic (exact) mass is 304 g/mol. The quantitative estimate of drug-likeness (QED) is 0.649. The lowest BCUT2D eigenvalue weighted by Gasteiger charge is -2.23. The number of hydrogen-bond donors (Lipinski definition) is 1. The van der Waals surface area contributed by atoms with Crippen molar-refractivity contribution in [2.45, 2.75) is 45.6 Å². The first-order valence-corrected chi connectivity index (χ1v) is 7.73. The lowest BCUT2D eigenvalue weighted by Crippen LogP contribution is -2.41. The van der Waals surface area contributed by atoms with E-state index in [1.54, 1.807) is 14.0 Å². The molecule has 1 aromatic rings. The number of carbonyl (C=O) groups is 2. The molecule has 1 atom stereocenters. The summed E-state index contributed by atoms with van der Waals surface area (Å²) in [4.78, 5) is 26.2. The number of rotatable bonds is 6. The van der Waals surface area contributed by atoms with Gasteiger partial charge in [0.2, 0.25) is 0 Å². The van der Waals surface area contributed by atoms with Crippen molar-refractivity contribution in [3.8, 4) is 5.75 Å². The Morgan fingerprint density at radius 2 is 2.00 bits per heavy atom. The van der Waals surface area contributed by atoms with Crippen LogP contribution in [0.1, 0.15) is 44.2 Å². The molecular formula is C17H24N2O3. The van der Waals surface area contributed by atoms with Gasteiger partial charge in [-0.3, -0.25) is 9.69 Å². The van der Waals surface area contributed by atoms with Crippen LogP contribution in [0.4, 0.5) is 4.79 Å². The van der Waals surface area contributed by atoms with Crippen molar-refractivity contribution in [3.63, 3.8) is 0 Å². The Labute approximate surface area is 131 Å². The summed E-state index contributed by atoms with van der Waals surface area (Å²) in [6, 6.07) is 5.25. The Hall–Kier alpha value is -2.04. The summed E-state index contributed by atoms with van der Waals surface area (Å²) in [5.74, 6) is 0.585. The molecule has 1 N–H and O–H groups in total. The fraction of sp³-hybridized carbons (Fsp3) is 0.529. The number of benzene rings is 1. The maximum absolute atomic E-state index is 12.7. The van der Waals surface area contributed by atoms with E-state index in [1.807, 2.05) is 25.1 Å². The molecule has 120 valence electrons. The van der Waals surface area contributed by atoms with Gasteiger partial charge >= 0.3 is 6.03 Å². The molecule has 1 aliphatic rings. The van der Waals surface area contributed by atoms with Crippen LogP contribution in [0.25, 0.3) is 0 Å². The van der Waals surface area contributed by atoms with E-state index < -0.39 is 5.54 Å². The van der Waals surface area contributed by atoms with Crippen LogP contribution in [0.3, 0.4) is 0 Å². The molecule has 5 heteroatoms. The van der Waals surface area contributed by atoms with Crippen molar-refractivity contribution >= 4 is 11.9 Å². The fourth-order valence-electron chi connectivity index (χ4n) is 2.81. The van der Waals surface area contributed by atoms with E-state index in [1.165, 1.54) is 4.90 Å². The first-order valence-electron chi connectivity index (χ1n) is 7.73. The van der Waals surface area contributed by atoms with Crippen molar-refractivity contribution in [3.05, 3.63) is 29.3 Å². The SMILES string of the molecule is CCCCCN1C(=O)NC(C)(c2ccc(OC)c(C)c2)C1=O. The zero-order valence-corrected chi connectivity index (χ0v) is 13.7. The topological polar surface area (TPSA) is 58.6 Å². The maximum atomic E-state index is 12.7. The van der Waals surface area contributed by atoms with Crippen molar-refractivity contribution < 1.29 is 14.3 Å². The van der Waals surface area contributed by atoms with Crippen LogP contribution in [0.15, 0.2) is 18.2 Å². The number of urea groups is 1. The molecule has 5 nitrogen and oxygen atoms in total. The van der Waals surface area contributed by atoms with Gasteiger partial charge in [-0.15, -0.1) is 0 Å². The highest BCUT2D eigenvalue weighted by Crippen LogP contribution is 2.31. The van der Waals surface area contributed by atoms with Crippen LogP contribution in [-0.2, 0) is 10.3 Å². The number of amides is 3. The summed E-state index contributed by atoms with van der Waals surface area (Å²) < 4.78 is 5.25. The average Bonchev–Trinajstić information content (AvgIpc) is 2.71. The highest BCUT2D eigenvalue weighted by atomic mass is 16.5. The highest BCUT2D eigenvalue weighted by Gasteiger charge is 2.48. The van der Waals surface area contributed by atoms with Gasteiger partial charge in [0.15, 0.2) is 0 Å². The number of carbonyl (C=O) groups excluding carboxylic acids is 2. The van der Waals surface area contributed by atoms with Crippen LogP contribution in [0, 0.1) is 6.92 Å². The Kier molecular flexibility index (Phi) is 4.74. The third kappa shape index (κ3) is 2.80. The van der Waals surface area contributed by atoms with Gasteiger partial charge in [0.1, 0.15) is 11.3 Å². The molecule has 1 fully saturated rings. The number of nitrogens with zero attached hydrogens (tertiary/aromatic N) is 1. The van der Waals surface area contributed by atoms with E-state index in [9.17, 15) is 9.59 Å². The van der Waals surface area contributed by atoms with Gasteiger partial charge in [0.05, 0.1) is 7.11 Å². The Bertz CT molecular complexity index is 585. The number of ether oxygens (including phenoxy) is 1. The highest BCUT2D eigenvalue weighted by molar-refractivity contribution is 6.07. The number of methoxy groups -OCH3 is 1. The second-order valence-electron chi connectivity index (χ2n) is 5.90. The van der Waals surface area contributed by atoms with Crippen LogP contribution in [0.2, 0.25) is 0 Å². The molecular weight excluding hydrogens is 280 g/mol. The zero-order chi connectivity index (χ0) is 16.3. The van der Waals surface area contributed by atoms with Crippen molar-refractivity contribution in [1.82, 2.24) is 10.2 Å².